The molecule has 1 aromatic carbocycles. The van der Waals surface area contributed by atoms with Gasteiger partial charge >= 0.3 is 0 Å². The predicted octanol–water partition coefficient (Wildman–Crippen LogP) is 2.31. The van der Waals surface area contributed by atoms with Crippen molar-refractivity contribution in [2.24, 2.45) is 11.7 Å². The van der Waals surface area contributed by atoms with Crippen LogP contribution in [0.5, 0.6) is 0 Å². The Morgan fingerprint density at radius 1 is 1.40 bits per heavy atom. The Kier molecular flexibility index (Phi) is 4.38. The van der Waals surface area contributed by atoms with E-state index < -0.39 is 34.3 Å². The third kappa shape index (κ3) is 3.58. The van der Waals surface area contributed by atoms with Crippen LogP contribution in [0.25, 0.3) is 0 Å². The molecule has 0 saturated carbocycles. The maximum Gasteiger partial charge on any atom is 0.254 e. The van der Waals surface area contributed by atoms with Crippen molar-refractivity contribution in [2.75, 3.05) is 16.8 Å². The summed E-state index contributed by atoms with van der Waals surface area (Å²) in [6, 6.07) is 6.92. The molecule has 0 radical (unpaired) electrons. The minimum atomic E-state index is -2.85. The van der Waals surface area contributed by atoms with Crippen LogP contribution in [0.1, 0.15) is 16.4 Å². The number of anilines is 2. The minimum absolute atomic E-state index is 0.0128. The van der Waals surface area contributed by atoms with Gasteiger partial charge in [0.05, 0.1) is 29.5 Å². The van der Waals surface area contributed by atoms with E-state index >= 15 is 0 Å². The van der Waals surface area contributed by atoms with Crippen molar-refractivity contribution in [1.29, 1.82) is 5.26 Å². The number of aromatic nitrogens is 2. The van der Waals surface area contributed by atoms with Crippen LogP contribution < -0.4 is 11.1 Å². The molecule has 3 rings (SSSR count). The summed E-state index contributed by atoms with van der Waals surface area (Å²) in [7, 11) is -2.85. The number of amides is 1. The third-order valence-electron chi connectivity index (χ3n) is 3.96. The first-order valence-corrected chi connectivity index (χ1v) is 9.22. The smallest absolute Gasteiger partial charge is 0.254 e. The number of nitriles is 1. The Hall–Kier alpha value is -2.61. The molecule has 1 saturated heterocycles. The van der Waals surface area contributed by atoms with Gasteiger partial charge in [0.2, 0.25) is 0 Å². The number of nitrogens with one attached hydrogen (secondary N) is 1. The molecule has 10 heteroatoms. The highest BCUT2D eigenvalue weighted by atomic mass is 32.3. The van der Waals surface area contributed by atoms with E-state index in [4.69, 9.17) is 5.73 Å². The van der Waals surface area contributed by atoms with Crippen molar-refractivity contribution >= 4 is 28.0 Å². The Labute approximate surface area is 144 Å². The van der Waals surface area contributed by atoms with Gasteiger partial charge in [0, 0.05) is 11.9 Å². The van der Waals surface area contributed by atoms with Crippen molar-refractivity contribution in [3.8, 4) is 6.07 Å². The van der Waals surface area contributed by atoms with Crippen molar-refractivity contribution in [3.05, 3.63) is 41.8 Å². The fraction of sp³-hybridized carbons (Fsp3) is 0.267. The SMILES string of the molecule is N#CC1CS(O)(O)CC1n1cc(C(N)=O)c(Nc2ccc(F)cc2)n1. The molecule has 1 aliphatic heterocycles. The zero-order chi connectivity index (χ0) is 18.2. The average molecular weight is 365 g/mol. The highest BCUT2D eigenvalue weighted by Gasteiger charge is 2.40. The topological polar surface area (TPSA) is 137 Å². The zero-order valence-electron chi connectivity index (χ0n) is 13.0. The molecule has 2 aromatic rings. The number of carbonyl (C=O) groups excluding carboxylic acids is 1. The first-order valence-electron chi connectivity index (χ1n) is 7.34. The molecule has 2 heterocycles. The quantitative estimate of drug-likeness (QED) is 0.656. The van der Waals surface area contributed by atoms with Gasteiger partial charge in [0.25, 0.3) is 5.91 Å². The number of primary amides is 1. The van der Waals surface area contributed by atoms with Gasteiger partial charge in [-0.15, -0.1) is 0 Å². The second kappa shape index (κ2) is 6.36. The van der Waals surface area contributed by atoms with E-state index in [9.17, 15) is 23.6 Å². The number of hydrogen-bond acceptors (Lipinski definition) is 6. The van der Waals surface area contributed by atoms with Gasteiger partial charge in [-0.2, -0.15) is 21.0 Å². The summed E-state index contributed by atoms with van der Waals surface area (Å²) in [5, 5.41) is 16.4. The summed E-state index contributed by atoms with van der Waals surface area (Å²) in [5.41, 5.74) is 5.96. The second-order valence-corrected chi connectivity index (χ2v) is 8.08. The summed E-state index contributed by atoms with van der Waals surface area (Å²) in [4.78, 5) is 11.7. The van der Waals surface area contributed by atoms with Gasteiger partial charge in [0.15, 0.2) is 5.82 Å². The van der Waals surface area contributed by atoms with E-state index in [-0.39, 0.29) is 22.9 Å². The van der Waals surface area contributed by atoms with Gasteiger partial charge in [0.1, 0.15) is 11.4 Å². The van der Waals surface area contributed by atoms with E-state index in [0.717, 1.165) is 0 Å². The van der Waals surface area contributed by atoms with Crippen LogP contribution in [0.2, 0.25) is 0 Å². The molecule has 5 N–H and O–H groups in total. The van der Waals surface area contributed by atoms with E-state index in [1.54, 1.807) is 0 Å². The van der Waals surface area contributed by atoms with E-state index in [1.807, 2.05) is 6.07 Å². The van der Waals surface area contributed by atoms with Crippen LogP contribution >= 0.6 is 10.6 Å². The molecule has 1 fully saturated rings. The van der Waals surface area contributed by atoms with Gasteiger partial charge in [-0.3, -0.25) is 18.6 Å². The molecule has 8 nitrogen and oxygen atoms in total. The molecule has 1 amide bonds. The molecule has 0 spiro atoms. The van der Waals surface area contributed by atoms with E-state index in [0.29, 0.717) is 5.69 Å². The molecular weight excluding hydrogens is 349 g/mol. The van der Waals surface area contributed by atoms with Crippen molar-refractivity contribution in [2.45, 2.75) is 6.04 Å². The Balaban J connectivity index is 1.93. The molecule has 25 heavy (non-hydrogen) atoms. The molecule has 132 valence electrons. The van der Waals surface area contributed by atoms with Crippen molar-refractivity contribution in [3.63, 3.8) is 0 Å². The van der Waals surface area contributed by atoms with Gasteiger partial charge < -0.3 is 11.1 Å². The molecular formula is C15H16FN5O3S. The first-order chi connectivity index (χ1) is 11.8. The van der Waals surface area contributed by atoms with E-state index in [1.165, 1.54) is 35.1 Å². The largest absolute Gasteiger partial charge is 0.365 e. The van der Waals surface area contributed by atoms with Gasteiger partial charge in [-0.05, 0) is 24.3 Å². The summed E-state index contributed by atoms with van der Waals surface area (Å²) in [6.07, 6.45) is 1.38. The number of benzene rings is 1. The maximum absolute atomic E-state index is 13.0. The predicted molar refractivity (Wildman–Crippen MR) is 91.2 cm³/mol. The summed E-state index contributed by atoms with van der Waals surface area (Å²) >= 11 is 0. The molecule has 0 bridgehead atoms. The second-order valence-electron chi connectivity index (χ2n) is 5.81. The number of nitrogens with zero attached hydrogens (tertiary/aromatic N) is 3. The Bertz CT molecular complexity index is 846. The highest BCUT2D eigenvalue weighted by molar-refractivity contribution is 8.24. The standard InChI is InChI=1S/C15H16FN5O3S/c16-10-1-3-11(4-2-10)19-15-12(14(18)22)6-21(20-15)13-8-25(23,24)7-9(13)5-17/h1-4,6,9,13,23-24H,7-8H2,(H2,18,22)(H,19,20). The molecule has 1 aromatic heterocycles. The van der Waals surface area contributed by atoms with Crippen LogP contribution in [0.15, 0.2) is 30.5 Å². The first kappa shape index (κ1) is 17.2. The lowest BCUT2D eigenvalue weighted by Crippen LogP contribution is -2.17. The summed E-state index contributed by atoms with van der Waals surface area (Å²) in [5.74, 6) is -1.65. The van der Waals surface area contributed by atoms with Crippen molar-refractivity contribution in [1.82, 2.24) is 9.78 Å². The number of nitrogens with two attached hydrogens (primary N) is 1. The lowest BCUT2D eigenvalue weighted by Gasteiger charge is -2.25. The fourth-order valence-corrected chi connectivity index (χ4v) is 4.68. The Morgan fingerprint density at radius 3 is 2.68 bits per heavy atom. The molecule has 1 aliphatic rings. The minimum Gasteiger partial charge on any atom is -0.365 e. The average Bonchev–Trinajstić information content (AvgIpc) is 3.10. The zero-order valence-corrected chi connectivity index (χ0v) is 13.8. The number of hydrogen-bond donors (Lipinski definition) is 4. The summed E-state index contributed by atoms with van der Waals surface area (Å²) < 4.78 is 34.1. The third-order valence-corrected chi connectivity index (χ3v) is 5.73. The number of rotatable bonds is 4. The lowest BCUT2D eigenvalue weighted by atomic mass is 10.1. The monoisotopic (exact) mass is 365 g/mol. The van der Waals surface area contributed by atoms with Crippen LogP contribution in [-0.2, 0) is 0 Å². The fourth-order valence-electron chi connectivity index (χ4n) is 2.74. The Morgan fingerprint density at radius 2 is 2.08 bits per heavy atom. The lowest BCUT2D eigenvalue weighted by molar-refractivity contribution is 0.100. The van der Waals surface area contributed by atoms with Crippen LogP contribution in [-0.4, -0.2) is 36.3 Å². The van der Waals surface area contributed by atoms with Gasteiger partial charge in [-0.25, -0.2) is 4.39 Å². The van der Waals surface area contributed by atoms with Crippen molar-refractivity contribution < 1.29 is 18.3 Å². The highest BCUT2D eigenvalue weighted by Crippen LogP contribution is 2.52. The maximum atomic E-state index is 13.0. The molecule has 2 atom stereocenters. The van der Waals surface area contributed by atoms with Gasteiger partial charge in [-0.1, -0.05) is 0 Å². The number of carbonyl (C=O) groups is 1. The molecule has 2 unspecified atom stereocenters. The normalized spacial score (nSPS) is 23.0. The summed E-state index contributed by atoms with van der Waals surface area (Å²) in [6.45, 7) is 0. The van der Waals surface area contributed by atoms with Crippen LogP contribution in [0, 0.1) is 23.1 Å². The number of halogens is 1. The van der Waals surface area contributed by atoms with Crippen LogP contribution in [0.4, 0.5) is 15.9 Å². The molecule has 0 aliphatic carbocycles. The van der Waals surface area contributed by atoms with E-state index in [2.05, 4.69) is 10.4 Å². The van der Waals surface area contributed by atoms with Crippen LogP contribution in [0.3, 0.4) is 0 Å².